The van der Waals surface area contributed by atoms with Gasteiger partial charge in [0.05, 0.1) is 5.69 Å². The van der Waals surface area contributed by atoms with Crippen molar-refractivity contribution < 1.29 is 0 Å². The molecule has 0 N–H and O–H groups in total. The van der Waals surface area contributed by atoms with Crippen LogP contribution in [0.4, 0.5) is 0 Å². The van der Waals surface area contributed by atoms with Crippen LogP contribution in [-0.2, 0) is 0 Å². The van der Waals surface area contributed by atoms with Crippen molar-refractivity contribution in [2.75, 3.05) is 0 Å². The number of aromatic nitrogens is 2. The van der Waals surface area contributed by atoms with Crippen LogP contribution in [0.2, 0.25) is 5.15 Å². The summed E-state index contributed by atoms with van der Waals surface area (Å²) in [6.45, 7) is 1.96. The number of hydrogen-bond acceptors (Lipinski definition) is 2. The molecule has 2 aromatic rings. The summed E-state index contributed by atoms with van der Waals surface area (Å²) in [5.74, 6) is 0.772. The number of halogens is 1. The minimum absolute atomic E-state index is 0.531. The number of benzene rings is 1. The lowest BCUT2D eigenvalue weighted by molar-refractivity contribution is 0.420. The molecule has 1 heterocycles. The third kappa shape index (κ3) is 2.01. The van der Waals surface area contributed by atoms with E-state index in [9.17, 15) is 0 Å². The van der Waals surface area contributed by atoms with Crippen molar-refractivity contribution in [1.29, 1.82) is 0 Å². The van der Waals surface area contributed by atoms with Crippen molar-refractivity contribution in [3.63, 3.8) is 0 Å². The highest BCUT2D eigenvalue weighted by molar-refractivity contribution is 6.30. The Hall–Kier alpha value is -1.41. The highest BCUT2D eigenvalue weighted by atomic mass is 35.5. The van der Waals surface area contributed by atoms with E-state index in [1.807, 2.05) is 6.92 Å². The van der Waals surface area contributed by atoms with Gasteiger partial charge in [-0.25, -0.2) is 9.97 Å². The van der Waals surface area contributed by atoms with Gasteiger partial charge in [0.25, 0.3) is 0 Å². The van der Waals surface area contributed by atoms with E-state index in [0.29, 0.717) is 5.15 Å². The lowest BCUT2D eigenvalue weighted by Crippen LogP contribution is -2.08. The van der Waals surface area contributed by atoms with Gasteiger partial charge < -0.3 is 0 Å². The maximum atomic E-state index is 6.03. The molecule has 1 aliphatic carbocycles. The smallest absolute Gasteiger partial charge is 0.135 e. The Kier molecular flexibility index (Phi) is 3.04. The first kappa shape index (κ1) is 11.7. The highest BCUT2D eigenvalue weighted by Gasteiger charge is 2.19. The molecule has 1 fully saturated rings. The molecular formula is C15H15ClN2. The fraction of sp³-hybridized carbons (Fsp3) is 0.333. The molecule has 0 radical (unpaired) electrons. The summed E-state index contributed by atoms with van der Waals surface area (Å²) >= 11 is 6.03. The van der Waals surface area contributed by atoms with E-state index < -0.39 is 0 Å². The SMILES string of the molecule is Cc1c(Cl)ncnc1-c1ccc(C2CCC2)cc1. The van der Waals surface area contributed by atoms with Crippen LogP contribution >= 0.6 is 11.6 Å². The molecule has 3 heteroatoms. The number of hydrogen-bond donors (Lipinski definition) is 0. The molecule has 1 saturated carbocycles. The summed E-state index contributed by atoms with van der Waals surface area (Å²) in [7, 11) is 0. The first-order valence-corrected chi connectivity index (χ1v) is 6.71. The average Bonchev–Trinajstić information content (AvgIpc) is 2.32. The Morgan fingerprint density at radius 1 is 1.11 bits per heavy atom. The van der Waals surface area contributed by atoms with E-state index in [4.69, 9.17) is 11.6 Å². The third-order valence-electron chi connectivity index (χ3n) is 3.78. The zero-order valence-corrected chi connectivity index (χ0v) is 11.1. The molecule has 1 aromatic heterocycles. The van der Waals surface area contributed by atoms with Crippen molar-refractivity contribution in [1.82, 2.24) is 9.97 Å². The number of rotatable bonds is 2. The molecular weight excluding hydrogens is 244 g/mol. The number of nitrogens with zero attached hydrogens (tertiary/aromatic N) is 2. The van der Waals surface area contributed by atoms with Gasteiger partial charge in [0.2, 0.25) is 0 Å². The molecule has 18 heavy (non-hydrogen) atoms. The molecule has 0 amide bonds. The Bertz CT molecular complexity index is 559. The summed E-state index contributed by atoms with van der Waals surface area (Å²) in [4.78, 5) is 8.31. The van der Waals surface area contributed by atoms with Gasteiger partial charge in [0, 0.05) is 11.1 Å². The monoisotopic (exact) mass is 258 g/mol. The summed E-state index contributed by atoms with van der Waals surface area (Å²) in [6.07, 6.45) is 5.55. The van der Waals surface area contributed by atoms with E-state index in [1.54, 1.807) is 0 Å². The van der Waals surface area contributed by atoms with Crippen LogP contribution in [0.3, 0.4) is 0 Å². The van der Waals surface area contributed by atoms with Gasteiger partial charge in [-0.1, -0.05) is 42.3 Å². The second kappa shape index (κ2) is 4.69. The summed E-state index contributed by atoms with van der Waals surface area (Å²) in [5.41, 5.74) is 4.42. The Morgan fingerprint density at radius 2 is 1.83 bits per heavy atom. The lowest BCUT2D eigenvalue weighted by Gasteiger charge is -2.25. The standard InChI is InChI=1S/C15H15ClN2/c1-10-14(17-9-18-15(10)16)13-7-5-12(6-8-13)11-3-2-4-11/h5-9,11H,2-4H2,1H3. The first-order valence-electron chi connectivity index (χ1n) is 6.33. The molecule has 1 aliphatic rings. The largest absolute Gasteiger partial charge is 0.236 e. The van der Waals surface area contributed by atoms with Gasteiger partial charge in [-0.05, 0) is 31.2 Å². The van der Waals surface area contributed by atoms with E-state index in [-0.39, 0.29) is 0 Å². The average molecular weight is 259 g/mol. The highest BCUT2D eigenvalue weighted by Crippen LogP contribution is 2.37. The van der Waals surface area contributed by atoms with Gasteiger partial charge in [0.1, 0.15) is 11.5 Å². The molecule has 0 bridgehead atoms. The summed E-state index contributed by atoms with van der Waals surface area (Å²) in [5, 5.41) is 0.531. The van der Waals surface area contributed by atoms with Crippen molar-refractivity contribution in [2.24, 2.45) is 0 Å². The fourth-order valence-electron chi connectivity index (χ4n) is 2.37. The van der Waals surface area contributed by atoms with E-state index in [1.165, 1.54) is 31.2 Å². The third-order valence-corrected chi connectivity index (χ3v) is 4.16. The van der Waals surface area contributed by atoms with Crippen LogP contribution < -0.4 is 0 Å². The second-order valence-corrected chi connectivity index (χ2v) is 5.25. The predicted molar refractivity (Wildman–Crippen MR) is 73.8 cm³/mol. The molecule has 0 aliphatic heterocycles. The molecule has 0 unspecified atom stereocenters. The van der Waals surface area contributed by atoms with Crippen LogP contribution in [0, 0.1) is 6.92 Å². The fourth-order valence-corrected chi connectivity index (χ4v) is 2.51. The van der Waals surface area contributed by atoms with Crippen molar-refractivity contribution in [2.45, 2.75) is 32.1 Å². The van der Waals surface area contributed by atoms with Crippen molar-refractivity contribution in [3.8, 4) is 11.3 Å². The first-order chi connectivity index (χ1) is 8.75. The van der Waals surface area contributed by atoms with Crippen molar-refractivity contribution >= 4 is 11.6 Å². The van der Waals surface area contributed by atoms with E-state index >= 15 is 0 Å². The maximum Gasteiger partial charge on any atom is 0.135 e. The topological polar surface area (TPSA) is 25.8 Å². The molecule has 0 saturated heterocycles. The molecule has 3 rings (SSSR count). The van der Waals surface area contributed by atoms with Gasteiger partial charge in [-0.15, -0.1) is 0 Å². The zero-order valence-electron chi connectivity index (χ0n) is 10.4. The van der Waals surface area contributed by atoms with Crippen LogP contribution in [0.15, 0.2) is 30.6 Å². The predicted octanol–water partition coefficient (Wildman–Crippen LogP) is 4.37. The molecule has 1 aromatic carbocycles. The van der Waals surface area contributed by atoms with Crippen LogP contribution in [0.1, 0.15) is 36.3 Å². The van der Waals surface area contributed by atoms with Crippen LogP contribution in [0.25, 0.3) is 11.3 Å². The van der Waals surface area contributed by atoms with Crippen LogP contribution in [-0.4, -0.2) is 9.97 Å². The minimum Gasteiger partial charge on any atom is -0.236 e. The molecule has 2 nitrogen and oxygen atoms in total. The lowest BCUT2D eigenvalue weighted by atomic mass is 9.80. The quantitative estimate of drug-likeness (QED) is 0.748. The Labute approximate surface area is 112 Å². The second-order valence-electron chi connectivity index (χ2n) is 4.89. The van der Waals surface area contributed by atoms with E-state index in [2.05, 4.69) is 34.2 Å². The minimum atomic E-state index is 0.531. The van der Waals surface area contributed by atoms with Gasteiger partial charge in [0.15, 0.2) is 0 Å². The van der Waals surface area contributed by atoms with Gasteiger partial charge in [-0.3, -0.25) is 0 Å². The van der Waals surface area contributed by atoms with Crippen LogP contribution in [0.5, 0.6) is 0 Å². The van der Waals surface area contributed by atoms with Crippen molar-refractivity contribution in [3.05, 3.63) is 46.9 Å². The normalized spacial score (nSPS) is 15.4. The summed E-state index contributed by atoms with van der Waals surface area (Å²) < 4.78 is 0. The molecule has 0 spiro atoms. The zero-order chi connectivity index (χ0) is 12.5. The maximum absolute atomic E-state index is 6.03. The Morgan fingerprint density at radius 3 is 2.44 bits per heavy atom. The Balaban J connectivity index is 1.94. The molecule has 92 valence electrons. The summed E-state index contributed by atoms with van der Waals surface area (Å²) in [6, 6.07) is 8.71. The molecule has 0 atom stereocenters. The van der Waals surface area contributed by atoms with Gasteiger partial charge >= 0.3 is 0 Å². The van der Waals surface area contributed by atoms with E-state index in [0.717, 1.165) is 22.7 Å². The van der Waals surface area contributed by atoms with Gasteiger partial charge in [-0.2, -0.15) is 0 Å².